The zero-order valence-electron chi connectivity index (χ0n) is 33.5. The Hall–Kier alpha value is -1.85. The van der Waals surface area contributed by atoms with Crippen LogP contribution in [0.4, 0.5) is 0 Å². The van der Waals surface area contributed by atoms with E-state index in [4.69, 9.17) is 18.9 Å². The minimum absolute atomic E-state index is 0.125. The molecule has 6 unspecified atom stereocenters. The number of allylic oxidation sites excluding steroid dienone is 8. The molecule has 308 valence electrons. The zero-order chi connectivity index (χ0) is 38.6. The molecule has 0 spiro atoms. The van der Waals surface area contributed by atoms with Crippen LogP contribution in [0.15, 0.2) is 48.6 Å². The quantitative estimate of drug-likeness (QED) is 0.0285. The van der Waals surface area contributed by atoms with Crippen LogP contribution in [0.2, 0.25) is 0 Å². The molecular formula is C44H78O9. The second-order valence-electron chi connectivity index (χ2n) is 14.4. The van der Waals surface area contributed by atoms with Gasteiger partial charge in [-0.05, 0) is 70.6 Å². The second kappa shape index (κ2) is 35.8. The molecule has 1 heterocycles. The van der Waals surface area contributed by atoms with Gasteiger partial charge in [-0.25, -0.2) is 0 Å². The summed E-state index contributed by atoms with van der Waals surface area (Å²) in [5.41, 5.74) is 0. The van der Waals surface area contributed by atoms with E-state index in [0.717, 1.165) is 83.5 Å². The maximum Gasteiger partial charge on any atom is 0.306 e. The van der Waals surface area contributed by atoms with Crippen molar-refractivity contribution in [3.8, 4) is 0 Å². The smallest absolute Gasteiger partial charge is 0.306 e. The number of carbonyl (C=O) groups is 1. The van der Waals surface area contributed by atoms with E-state index in [1.165, 1.54) is 57.8 Å². The maximum absolute atomic E-state index is 12.7. The van der Waals surface area contributed by atoms with Crippen LogP contribution in [0.25, 0.3) is 0 Å². The highest BCUT2D eigenvalue weighted by atomic mass is 16.7. The molecule has 1 aliphatic heterocycles. The number of hydrogen-bond donors (Lipinski definition) is 4. The van der Waals surface area contributed by atoms with Crippen molar-refractivity contribution in [3.63, 3.8) is 0 Å². The lowest BCUT2D eigenvalue weighted by atomic mass is 9.99. The van der Waals surface area contributed by atoms with Gasteiger partial charge in [0, 0.05) is 13.0 Å². The van der Waals surface area contributed by atoms with Crippen LogP contribution in [-0.4, -0.2) is 89.6 Å². The topological polar surface area (TPSA) is 135 Å². The lowest BCUT2D eigenvalue weighted by Gasteiger charge is -2.39. The summed E-state index contributed by atoms with van der Waals surface area (Å²) in [7, 11) is 0. The Labute approximate surface area is 322 Å². The highest BCUT2D eigenvalue weighted by molar-refractivity contribution is 5.69. The third-order valence-corrected chi connectivity index (χ3v) is 9.45. The van der Waals surface area contributed by atoms with Gasteiger partial charge in [0.05, 0.1) is 19.8 Å². The largest absolute Gasteiger partial charge is 0.457 e. The van der Waals surface area contributed by atoms with Crippen molar-refractivity contribution in [1.29, 1.82) is 0 Å². The van der Waals surface area contributed by atoms with Crippen LogP contribution in [0.3, 0.4) is 0 Å². The number of aliphatic hydroxyl groups is 4. The van der Waals surface area contributed by atoms with Gasteiger partial charge >= 0.3 is 5.97 Å². The molecule has 0 saturated carbocycles. The van der Waals surface area contributed by atoms with Crippen LogP contribution in [0.5, 0.6) is 0 Å². The predicted octanol–water partition coefficient (Wildman–Crippen LogP) is 8.97. The Kier molecular flexibility index (Phi) is 33.2. The lowest BCUT2D eigenvalue weighted by Crippen LogP contribution is -2.59. The number of hydrogen-bond acceptors (Lipinski definition) is 9. The van der Waals surface area contributed by atoms with Gasteiger partial charge in [0.1, 0.15) is 30.5 Å². The van der Waals surface area contributed by atoms with E-state index in [9.17, 15) is 25.2 Å². The van der Waals surface area contributed by atoms with E-state index in [2.05, 4.69) is 62.5 Å². The fourth-order valence-corrected chi connectivity index (χ4v) is 6.09. The number of aliphatic hydroxyl groups excluding tert-OH is 4. The standard InChI is InChI=1S/C44H78O9/c1-3-5-7-9-11-13-15-17-18-19-20-22-24-26-28-30-32-34-50-36-38(37-51-44-43(49)42(48)41(47)39(35-45)53-44)52-40(46)33-31-29-27-25-23-21-16-14-12-10-8-6-4-2/h8,10,13-16,18-19,38-39,41-45,47-49H,3-7,9,11-12,17,20-37H2,1-2H3/b10-8-,15-13-,16-14-,19-18-. The van der Waals surface area contributed by atoms with Gasteiger partial charge in [0.25, 0.3) is 0 Å². The van der Waals surface area contributed by atoms with Crippen LogP contribution in [0, 0.1) is 0 Å². The van der Waals surface area contributed by atoms with Gasteiger partial charge in [-0.15, -0.1) is 0 Å². The summed E-state index contributed by atoms with van der Waals surface area (Å²) in [4.78, 5) is 12.7. The molecule has 1 rings (SSSR count). The Morgan fingerprint density at radius 1 is 0.604 bits per heavy atom. The van der Waals surface area contributed by atoms with Crippen LogP contribution >= 0.6 is 0 Å². The summed E-state index contributed by atoms with van der Waals surface area (Å²) < 4.78 is 22.7. The van der Waals surface area contributed by atoms with Gasteiger partial charge < -0.3 is 39.4 Å². The van der Waals surface area contributed by atoms with E-state index in [1.54, 1.807) is 0 Å². The molecule has 0 aliphatic carbocycles. The average Bonchev–Trinajstić information content (AvgIpc) is 3.16. The lowest BCUT2D eigenvalue weighted by molar-refractivity contribution is -0.305. The van der Waals surface area contributed by atoms with Crippen LogP contribution < -0.4 is 0 Å². The summed E-state index contributed by atoms with van der Waals surface area (Å²) in [6.45, 7) is 4.42. The van der Waals surface area contributed by atoms with Crippen molar-refractivity contribution in [3.05, 3.63) is 48.6 Å². The van der Waals surface area contributed by atoms with Crippen LogP contribution in [0.1, 0.15) is 162 Å². The number of unbranched alkanes of at least 4 members (excludes halogenated alkanes) is 16. The normalized spacial score (nSPS) is 21.5. The fraction of sp³-hybridized carbons (Fsp3) is 0.795. The molecule has 53 heavy (non-hydrogen) atoms. The molecule has 1 saturated heterocycles. The summed E-state index contributed by atoms with van der Waals surface area (Å²) in [5.74, 6) is -0.334. The van der Waals surface area contributed by atoms with E-state index in [1.807, 2.05) is 0 Å². The van der Waals surface area contributed by atoms with Crippen molar-refractivity contribution < 1.29 is 44.2 Å². The maximum atomic E-state index is 12.7. The summed E-state index contributed by atoms with van der Waals surface area (Å²) in [5, 5.41) is 40.0. The van der Waals surface area contributed by atoms with Gasteiger partial charge in [0.2, 0.25) is 0 Å². The molecule has 0 amide bonds. The molecule has 0 radical (unpaired) electrons. The molecule has 0 bridgehead atoms. The van der Waals surface area contributed by atoms with Crippen molar-refractivity contribution in [2.45, 2.75) is 198 Å². The first-order valence-electron chi connectivity index (χ1n) is 21.2. The van der Waals surface area contributed by atoms with Crippen LogP contribution in [-0.2, 0) is 23.7 Å². The molecule has 9 heteroatoms. The predicted molar refractivity (Wildman–Crippen MR) is 215 cm³/mol. The summed E-state index contributed by atoms with van der Waals surface area (Å²) in [6.07, 6.45) is 35.6. The van der Waals surface area contributed by atoms with Crippen molar-refractivity contribution in [2.75, 3.05) is 26.4 Å². The highest BCUT2D eigenvalue weighted by Gasteiger charge is 2.44. The number of esters is 1. The van der Waals surface area contributed by atoms with E-state index >= 15 is 0 Å². The first kappa shape index (κ1) is 49.2. The minimum Gasteiger partial charge on any atom is -0.457 e. The monoisotopic (exact) mass is 751 g/mol. The molecule has 0 aromatic carbocycles. The van der Waals surface area contributed by atoms with Gasteiger partial charge in [-0.1, -0.05) is 133 Å². The fourth-order valence-electron chi connectivity index (χ4n) is 6.09. The van der Waals surface area contributed by atoms with Gasteiger partial charge in [0.15, 0.2) is 6.29 Å². The molecule has 9 nitrogen and oxygen atoms in total. The van der Waals surface area contributed by atoms with E-state index < -0.39 is 43.4 Å². The number of rotatable bonds is 35. The summed E-state index contributed by atoms with van der Waals surface area (Å²) in [6, 6.07) is 0. The van der Waals surface area contributed by atoms with E-state index in [-0.39, 0.29) is 19.2 Å². The Balaban J connectivity index is 2.31. The van der Waals surface area contributed by atoms with Crippen molar-refractivity contribution >= 4 is 5.97 Å². The summed E-state index contributed by atoms with van der Waals surface area (Å²) >= 11 is 0. The first-order valence-corrected chi connectivity index (χ1v) is 21.2. The molecule has 4 N–H and O–H groups in total. The number of ether oxygens (including phenoxy) is 4. The highest BCUT2D eigenvalue weighted by Crippen LogP contribution is 2.22. The average molecular weight is 751 g/mol. The third-order valence-electron chi connectivity index (χ3n) is 9.45. The Morgan fingerprint density at radius 2 is 1.13 bits per heavy atom. The molecule has 6 atom stereocenters. The van der Waals surface area contributed by atoms with Gasteiger partial charge in [-0.3, -0.25) is 4.79 Å². The zero-order valence-corrected chi connectivity index (χ0v) is 33.5. The Bertz CT molecular complexity index is 947. The molecule has 1 aliphatic rings. The van der Waals surface area contributed by atoms with Crippen molar-refractivity contribution in [1.82, 2.24) is 0 Å². The molecule has 1 fully saturated rings. The van der Waals surface area contributed by atoms with Gasteiger partial charge in [-0.2, -0.15) is 0 Å². The Morgan fingerprint density at radius 3 is 1.70 bits per heavy atom. The van der Waals surface area contributed by atoms with Crippen molar-refractivity contribution in [2.24, 2.45) is 0 Å². The molecule has 0 aromatic heterocycles. The van der Waals surface area contributed by atoms with E-state index in [0.29, 0.717) is 13.0 Å². The first-order chi connectivity index (χ1) is 25.9. The molecular weight excluding hydrogens is 672 g/mol. The second-order valence-corrected chi connectivity index (χ2v) is 14.4. The minimum atomic E-state index is -1.54. The third kappa shape index (κ3) is 27.4. The number of carbonyl (C=O) groups excluding carboxylic acids is 1. The molecule has 0 aromatic rings. The SMILES string of the molecule is CCC/C=C\C/C=C\CCCCCCCC(=O)OC(COCCCCCCCC/C=C\C/C=C\CCCCCC)COC1OC(CO)C(O)C(O)C1O.